The molecule has 2 unspecified atom stereocenters. The molecule has 0 heterocycles. The number of rotatable bonds is 3. The summed E-state index contributed by atoms with van der Waals surface area (Å²) in [5.41, 5.74) is -0.862. The molecule has 2 atom stereocenters. The second kappa shape index (κ2) is 5.54. The summed E-state index contributed by atoms with van der Waals surface area (Å²) in [5.74, 6) is -1.82. The van der Waals surface area contributed by atoms with Crippen molar-refractivity contribution >= 4 is 11.6 Å². The van der Waals surface area contributed by atoms with Crippen LogP contribution >= 0.6 is 0 Å². The van der Waals surface area contributed by atoms with Crippen LogP contribution in [0.15, 0.2) is 36.4 Å². The van der Waals surface area contributed by atoms with Crippen LogP contribution in [0.25, 0.3) is 0 Å². The normalized spacial score (nSPS) is 25.5. The van der Waals surface area contributed by atoms with Gasteiger partial charge in [-0.15, -0.1) is 0 Å². The Hall–Kier alpha value is -2.20. The first-order valence-electron chi connectivity index (χ1n) is 7.17. The lowest BCUT2D eigenvalue weighted by atomic mass is 9.86. The van der Waals surface area contributed by atoms with E-state index in [2.05, 4.69) is 6.58 Å². The zero-order valence-electron chi connectivity index (χ0n) is 13.0. The summed E-state index contributed by atoms with van der Waals surface area (Å²) in [7, 11) is 0. The highest BCUT2D eigenvalue weighted by molar-refractivity contribution is 6.26. The van der Waals surface area contributed by atoms with Crippen molar-refractivity contribution in [3.63, 3.8) is 0 Å². The third-order valence-electron chi connectivity index (χ3n) is 4.23. The van der Waals surface area contributed by atoms with E-state index in [0.717, 1.165) is 0 Å². The first-order valence-corrected chi connectivity index (χ1v) is 7.17. The molecule has 1 fully saturated rings. The number of Topliss-reactive ketones (excluding diaryl/α,β-unsaturated/α-hetero) is 2. The van der Waals surface area contributed by atoms with Gasteiger partial charge in [-0.3, -0.25) is 9.59 Å². The van der Waals surface area contributed by atoms with Gasteiger partial charge in [0.2, 0.25) is 11.4 Å². The Morgan fingerprint density at radius 3 is 2.32 bits per heavy atom. The molecular weight excluding hydrogens is 280 g/mol. The van der Waals surface area contributed by atoms with E-state index in [-0.39, 0.29) is 16.9 Å². The summed E-state index contributed by atoms with van der Waals surface area (Å²) in [6.07, 6.45) is 3.91. The number of benzene rings is 1. The van der Waals surface area contributed by atoms with Gasteiger partial charge in [0.1, 0.15) is 5.75 Å². The van der Waals surface area contributed by atoms with Gasteiger partial charge in [0, 0.05) is 5.57 Å². The van der Waals surface area contributed by atoms with Gasteiger partial charge < -0.3 is 10.2 Å². The van der Waals surface area contributed by atoms with Crippen LogP contribution in [0.5, 0.6) is 5.75 Å². The van der Waals surface area contributed by atoms with Crippen LogP contribution in [0.3, 0.4) is 0 Å². The molecule has 1 aliphatic rings. The second-order valence-electron chi connectivity index (χ2n) is 5.74. The minimum absolute atomic E-state index is 0.0922. The van der Waals surface area contributed by atoms with E-state index in [4.69, 9.17) is 0 Å². The van der Waals surface area contributed by atoms with E-state index >= 15 is 0 Å². The van der Waals surface area contributed by atoms with Crippen LogP contribution in [0.2, 0.25) is 0 Å². The molecule has 2 N–H and O–H groups in total. The predicted molar refractivity (Wildman–Crippen MR) is 83.6 cm³/mol. The number of hydrogen-bond acceptors (Lipinski definition) is 4. The SMILES string of the molecule is C=C1C(=O)C(O)(c2cc(C)c(O)c(C)c2)C(=O)C1C/C=C\C. The maximum Gasteiger partial charge on any atom is 0.212 e. The van der Waals surface area contributed by atoms with Gasteiger partial charge in [-0.1, -0.05) is 18.7 Å². The van der Waals surface area contributed by atoms with Gasteiger partial charge in [0.05, 0.1) is 5.92 Å². The number of phenols is 1. The molecular formula is C18H20O4. The minimum Gasteiger partial charge on any atom is -0.507 e. The zero-order chi connectivity index (χ0) is 16.7. The van der Waals surface area contributed by atoms with Crippen LogP contribution in [-0.4, -0.2) is 21.8 Å². The summed E-state index contributed by atoms with van der Waals surface area (Å²) >= 11 is 0. The van der Waals surface area contributed by atoms with Crippen molar-refractivity contribution in [2.75, 3.05) is 0 Å². The first kappa shape index (κ1) is 16.2. The summed E-state index contributed by atoms with van der Waals surface area (Å²) in [6.45, 7) is 8.83. The number of phenolic OH excluding ortho intramolecular Hbond substituents is 1. The average Bonchev–Trinajstić information content (AvgIpc) is 2.65. The van der Waals surface area contributed by atoms with Crippen LogP contribution in [-0.2, 0) is 15.2 Å². The summed E-state index contributed by atoms with van der Waals surface area (Å²) in [6, 6.07) is 2.95. The first-order chi connectivity index (χ1) is 10.2. The fourth-order valence-corrected chi connectivity index (χ4v) is 2.87. The molecule has 1 saturated carbocycles. The highest BCUT2D eigenvalue weighted by Crippen LogP contribution is 2.42. The maximum absolute atomic E-state index is 12.6. The lowest BCUT2D eigenvalue weighted by Gasteiger charge is -2.21. The third-order valence-corrected chi connectivity index (χ3v) is 4.23. The fraction of sp³-hybridized carbons (Fsp3) is 0.333. The van der Waals surface area contributed by atoms with E-state index in [1.54, 1.807) is 26.0 Å². The predicted octanol–water partition coefficient (Wildman–Crippen LogP) is 2.49. The van der Waals surface area contributed by atoms with Crippen molar-refractivity contribution in [2.45, 2.75) is 32.8 Å². The van der Waals surface area contributed by atoms with Gasteiger partial charge in [-0.2, -0.15) is 0 Å². The number of aromatic hydroxyl groups is 1. The third kappa shape index (κ3) is 2.20. The average molecular weight is 300 g/mol. The molecule has 1 aromatic carbocycles. The number of aryl methyl sites for hydroxylation is 2. The molecule has 0 amide bonds. The Morgan fingerprint density at radius 1 is 1.27 bits per heavy atom. The Morgan fingerprint density at radius 2 is 1.82 bits per heavy atom. The molecule has 1 aromatic rings. The molecule has 0 aromatic heterocycles. The fourth-order valence-electron chi connectivity index (χ4n) is 2.87. The molecule has 2 rings (SSSR count). The van der Waals surface area contributed by atoms with Crippen molar-refractivity contribution < 1.29 is 19.8 Å². The molecule has 0 saturated heterocycles. The largest absolute Gasteiger partial charge is 0.507 e. The minimum atomic E-state index is -2.20. The molecule has 0 aliphatic heterocycles. The Balaban J connectivity index is 2.56. The van der Waals surface area contributed by atoms with Gasteiger partial charge >= 0.3 is 0 Å². The monoisotopic (exact) mass is 300 g/mol. The molecule has 1 aliphatic carbocycles. The number of carbonyl (C=O) groups excluding carboxylic acids is 2. The summed E-state index contributed by atoms with van der Waals surface area (Å²) in [5, 5.41) is 20.6. The van der Waals surface area contributed by atoms with Crippen LogP contribution < -0.4 is 0 Å². The van der Waals surface area contributed by atoms with Gasteiger partial charge in [-0.25, -0.2) is 0 Å². The van der Waals surface area contributed by atoms with Crippen molar-refractivity contribution in [1.82, 2.24) is 0 Å². The highest BCUT2D eigenvalue weighted by Gasteiger charge is 2.56. The smallest absolute Gasteiger partial charge is 0.212 e. The van der Waals surface area contributed by atoms with Crippen molar-refractivity contribution in [1.29, 1.82) is 0 Å². The van der Waals surface area contributed by atoms with E-state index in [1.807, 2.05) is 6.92 Å². The highest BCUT2D eigenvalue weighted by atomic mass is 16.3. The van der Waals surface area contributed by atoms with Gasteiger partial charge in [0.25, 0.3) is 0 Å². The van der Waals surface area contributed by atoms with E-state index in [1.165, 1.54) is 12.1 Å². The molecule has 4 heteroatoms. The molecule has 4 nitrogen and oxygen atoms in total. The number of hydrogen-bond donors (Lipinski definition) is 2. The lowest BCUT2D eigenvalue weighted by Crippen LogP contribution is -2.39. The molecule has 116 valence electrons. The second-order valence-corrected chi connectivity index (χ2v) is 5.74. The van der Waals surface area contributed by atoms with Crippen molar-refractivity contribution in [2.24, 2.45) is 5.92 Å². The zero-order valence-corrected chi connectivity index (χ0v) is 13.0. The summed E-state index contributed by atoms with van der Waals surface area (Å²) in [4.78, 5) is 25.1. The van der Waals surface area contributed by atoms with Crippen LogP contribution in [0.1, 0.15) is 30.0 Å². The van der Waals surface area contributed by atoms with Crippen molar-refractivity contribution in [3.8, 4) is 5.75 Å². The molecule has 0 spiro atoms. The Bertz CT molecular complexity index is 676. The standard InChI is InChI=1S/C18H20O4/c1-5-6-7-14-12(4)16(20)18(22,17(14)21)13-8-10(2)15(19)11(3)9-13/h5-6,8-9,14,19,22H,4,7H2,1-3H3/b6-5-. The van der Waals surface area contributed by atoms with E-state index in [0.29, 0.717) is 17.5 Å². The molecule has 0 radical (unpaired) electrons. The van der Waals surface area contributed by atoms with Crippen molar-refractivity contribution in [3.05, 3.63) is 53.1 Å². The number of ketones is 2. The Labute approximate surface area is 129 Å². The number of allylic oxidation sites excluding steroid dienone is 2. The quantitative estimate of drug-likeness (QED) is 0.511. The topological polar surface area (TPSA) is 74.6 Å². The molecule has 22 heavy (non-hydrogen) atoms. The Kier molecular flexibility index (Phi) is 4.07. The summed E-state index contributed by atoms with van der Waals surface area (Å²) < 4.78 is 0. The van der Waals surface area contributed by atoms with E-state index in [9.17, 15) is 19.8 Å². The van der Waals surface area contributed by atoms with Gasteiger partial charge in [-0.05, 0) is 56.0 Å². The van der Waals surface area contributed by atoms with Crippen LogP contribution in [0, 0.1) is 19.8 Å². The molecule has 0 bridgehead atoms. The van der Waals surface area contributed by atoms with E-state index < -0.39 is 23.1 Å². The number of carbonyl (C=O) groups is 2. The van der Waals surface area contributed by atoms with Crippen LogP contribution in [0.4, 0.5) is 0 Å². The number of aliphatic hydroxyl groups is 1. The maximum atomic E-state index is 12.6. The lowest BCUT2D eigenvalue weighted by molar-refractivity contribution is -0.146. The van der Waals surface area contributed by atoms with Gasteiger partial charge in [0.15, 0.2) is 5.78 Å².